The smallest absolute Gasteiger partial charge is 0.244 e. The quantitative estimate of drug-likeness (QED) is 0.380. The lowest BCUT2D eigenvalue weighted by atomic mass is 10.2. The van der Waals surface area contributed by atoms with Crippen molar-refractivity contribution in [2.75, 3.05) is 5.75 Å². The van der Waals surface area contributed by atoms with E-state index >= 15 is 0 Å². The molecule has 6 nitrogen and oxygen atoms in total. The van der Waals surface area contributed by atoms with Crippen molar-refractivity contribution in [3.8, 4) is 11.4 Å². The third-order valence-corrected chi connectivity index (χ3v) is 3.85. The summed E-state index contributed by atoms with van der Waals surface area (Å²) in [5.74, 6) is 5.75. The molecule has 3 N–H and O–H groups in total. The van der Waals surface area contributed by atoms with Crippen LogP contribution in [0.3, 0.4) is 0 Å². The van der Waals surface area contributed by atoms with E-state index in [0.717, 1.165) is 11.4 Å². The Kier molecular flexibility index (Phi) is 4.99. The SMILES string of the molecule is CCn1c(SCC(=O)NN)nnc1-c1ccc(Cl)cc1. The van der Waals surface area contributed by atoms with E-state index in [1.807, 2.05) is 23.6 Å². The number of halogens is 1. The van der Waals surface area contributed by atoms with Crippen LogP contribution in [-0.2, 0) is 11.3 Å². The maximum absolute atomic E-state index is 11.2. The van der Waals surface area contributed by atoms with Gasteiger partial charge < -0.3 is 4.57 Å². The van der Waals surface area contributed by atoms with Crippen LogP contribution in [0, 0.1) is 0 Å². The first-order valence-corrected chi connectivity index (χ1v) is 7.33. The van der Waals surface area contributed by atoms with Gasteiger partial charge in [0, 0.05) is 17.1 Å². The van der Waals surface area contributed by atoms with Gasteiger partial charge in [0.1, 0.15) is 0 Å². The standard InChI is InChI=1S/C12H14ClN5OS/c1-2-18-11(8-3-5-9(13)6-4-8)16-17-12(18)20-7-10(19)15-14/h3-6H,2,7,14H2,1H3,(H,15,19). The van der Waals surface area contributed by atoms with Crippen LogP contribution in [0.1, 0.15) is 6.92 Å². The highest BCUT2D eigenvalue weighted by Gasteiger charge is 2.14. The number of carbonyl (C=O) groups is 1. The van der Waals surface area contributed by atoms with Crippen molar-refractivity contribution >= 4 is 29.3 Å². The average Bonchev–Trinajstić information content (AvgIpc) is 2.88. The van der Waals surface area contributed by atoms with E-state index in [1.54, 1.807) is 12.1 Å². The highest BCUT2D eigenvalue weighted by atomic mass is 35.5. The van der Waals surface area contributed by atoms with Crippen molar-refractivity contribution in [3.05, 3.63) is 29.3 Å². The van der Waals surface area contributed by atoms with E-state index < -0.39 is 0 Å². The Hall–Kier alpha value is -1.57. The summed E-state index contributed by atoms with van der Waals surface area (Å²) < 4.78 is 1.94. The van der Waals surface area contributed by atoms with Crippen LogP contribution in [-0.4, -0.2) is 26.4 Å². The summed E-state index contributed by atoms with van der Waals surface area (Å²) >= 11 is 7.17. The molecule has 8 heteroatoms. The molecule has 20 heavy (non-hydrogen) atoms. The van der Waals surface area contributed by atoms with Crippen molar-refractivity contribution in [1.29, 1.82) is 0 Å². The van der Waals surface area contributed by atoms with Gasteiger partial charge in [-0.2, -0.15) is 0 Å². The predicted molar refractivity (Wildman–Crippen MR) is 79.2 cm³/mol. The number of nitrogens with one attached hydrogen (secondary N) is 1. The van der Waals surface area contributed by atoms with Gasteiger partial charge in [0.15, 0.2) is 11.0 Å². The molecule has 0 unspecified atom stereocenters. The number of rotatable bonds is 5. The third kappa shape index (κ3) is 3.30. The first kappa shape index (κ1) is 14.8. The highest BCUT2D eigenvalue weighted by Crippen LogP contribution is 2.24. The summed E-state index contributed by atoms with van der Waals surface area (Å²) in [4.78, 5) is 11.2. The van der Waals surface area contributed by atoms with Crippen LogP contribution in [0.15, 0.2) is 29.4 Å². The molecule has 1 heterocycles. The number of benzene rings is 1. The molecule has 0 saturated heterocycles. The fourth-order valence-electron chi connectivity index (χ4n) is 1.66. The molecule has 2 rings (SSSR count). The number of carbonyl (C=O) groups excluding carboxylic acids is 1. The van der Waals surface area contributed by atoms with E-state index in [4.69, 9.17) is 17.4 Å². The van der Waals surface area contributed by atoms with E-state index in [2.05, 4.69) is 15.6 Å². The fourth-order valence-corrected chi connectivity index (χ4v) is 2.60. The maximum atomic E-state index is 11.2. The highest BCUT2D eigenvalue weighted by molar-refractivity contribution is 7.99. The third-order valence-electron chi connectivity index (χ3n) is 2.63. The Balaban J connectivity index is 2.25. The second kappa shape index (κ2) is 6.74. The number of nitrogens with zero attached hydrogens (tertiary/aromatic N) is 3. The monoisotopic (exact) mass is 311 g/mol. The summed E-state index contributed by atoms with van der Waals surface area (Å²) in [5, 5.41) is 9.64. The van der Waals surface area contributed by atoms with Gasteiger partial charge >= 0.3 is 0 Å². The molecule has 0 atom stereocenters. The number of hydrogen-bond donors (Lipinski definition) is 2. The van der Waals surface area contributed by atoms with E-state index in [0.29, 0.717) is 16.7 Å². The van der Waals surface area contributed by atoms with Gasteiger partial charge in [-0.05, 0) is 31.2 Å². The lowest BCUT2D eigenvalue weighted by Crippen LogP contribution is -2.31. The first-order valence-electron chi connectivity index (χ1n) is 5.97. The van der Waals surface area contributed by atoms with Gasteiger partial charge in [-0.1, -0.05) is 23.4 Å². The van der Waals surface area contributed by atoms with Crippen molar-refractivity contribution in [2.45, 2.75) is 18.6 Å². The van der Waals surface area contributed by atoms with E-state index in [1.165, 1.54) is 11.8 Å². The molecule has 0 spiro atoms. The summed E-state index contributed by atoms with van der Waals surface area (Å²) in [6, 6.07) is 7.39. The van der Waals surface area contributed by atoms with Gasteiger partial charge in [0.2, 0.25) is 5.91 Å². The molecule has 106 valence electrons. The van der Waals surface area contributed by atoms with E-state index in [-0.39, 0.29) is 11.7 Å². The van der Waals surface area contributed by atoms with Crippen LogP contribution in [0.2, 0.25) is 5.02 Å². The Morgan fingerprint density at radius 3 is 2.70 bits per heavy atom. The minimum atomic E-state index is -0.256. The van der Waals surface area contributed by atoms with Crippen LogP contribution >= 0.6 is 23.4 Å². The molecule has 0 saturated carbocycles. The zero-order valence-electron chi connectivity index (χ0n) is 10.8. The maximum Gasteiger partial charge on any atom is 0.244 e. The average molecular weight is 312 g/mol. The minimum absolute atomic E-state index is 0.204. The molecule has 1 aromatic heterocycles. The molecule has 0 fully saturated rings. The molecular weight excluding hydrogens is 298 g/mol. The number of aromatic nitrogens is 3. The van der Waals surface area contributed by atoms with Gasteiger partial charge in [-0.25, -0.2) is 5.84 Å². The number of amides is 1. The predicted octanol–water partition coefficient (Wildman–Crippen LogP) is 1.70. The van der Waals surface area contributed by atoms with Crippen molar-refractivity contribution in [1.82, 2.24) is 20.2 Å². The molecule has 0 bridgehead atoms. The number of hydrogen-bond acceptors (Lipinski definition) is 5. The Labute approximate surface area is 125 Å². The van der Waals surface area contributed by atoms with Gasteiger partial charge in [-0.3, -0.25) is 10.2 Å². The van der Waals surface area contributed by atoms with Crippen molar-refractivity contribution < 1.29 is 4.79 Å². The Bertz CT molecular complexity index is 598. The molecule has 0 radical (unpaired) electrons. The van der Waals surface area contributed by atoms with Crippen LogP contribution in [0.25, 0.3) is 11.4 Å². The fraction of sp³-hybridized carbons (Fsp3) is 0.250. The topological polar surface area (TPSA) is 85.8 Å². The molecule has 0 aliphatic rings. The van der Waals surface area contributed by atoms with Crippen LogP contribution in [0.4, 0.5) is 0 Å². The van der Waals surface area contributed by atoms with Crippen molar-refractivity contribution in [2.24, 2.45) is 5.84 Å². The zero-order chi connectivity index (χ0) is 14.5. The lowest BCUT2D eigenvalue weighted by Gasteiger charge is -2.07. The molecule has 2 aromatic rings. The molecule has 0 aliphatic carbocycles. The first-order chi connectivity index (χ1) is 9.65. The molecule has 1 amide bonds. The van der Waals surface area contributed by atoms with Gasteiger partial charge in [0.05, 0.1) is 5.75 Å². The van der Waals surface area contributed by atoms with Crippen LogP contribution < -0.4 is 11.3 Å². The van der Waals surface area contributed by atoms with Crippen molar-refractivity contribution in [3.63, 3.8) is 0 Å². The second-order valence-electron chi connectivity index (χ2n) is 3.91. The molecule has 0 aliphatic heterocycles. The largest absolute Gasteiger partial charge is 0.302 e. The number of hydrazine groups is 1. The molecular formula is C12H14ClN5OS. The van der Waals surface area contributed by atoms with E-state index in [9.17, 15) is 4.79 Å². The van der Waals surface area contributed by atoms with Crippen LogP contribution in [0.5, 0.6) is 0 Å². The minimum Gasteiger partial charge on any atom is -0.302 e. The summed E-state index contributed by atoms with van der Waals surface area (Å²) in [6.07, 6.45) is 0. The zero-order valence-corrected chi connectivity index (χ0v) is 12.4. The number of thioether (sulfide) groups is 1. The van der Waals surface area contributed by atoms with Gasteiger partial charge in [-0.15, -0.1) is 10.2 Å². The molecule has 1 aromatic carbocycles. The Morgan fingerprint density at radius 2 is 2.10 bits per heavy atom. The summed E-state index contributed by atoms with van der Waals surface area (Å²) in [5.41, 5.74) is 3.02. The Morgan fingerprint density at radius 1 is 1.40 bits per heavy atom. The summed E-state index contributed by atoms with van der Waals surface area (Å²) in [7, 11) is 0. The lowest BCUT2D eigenvalue weighted by molar-refractivity contribution is -0.118. The number of nitrogens with two attached hydrogens (primary N) is 1. The second-order valence-corrected chi connectivity index (χ2v) is 5.29. The normalized spacial score (nSPS) is 10.6. The van der Waals surface area contributed by atoms with Gasteiger partial charge in [0.25, 0.3) is 0 Å². The summed E-state index contributed by atoms with van der Waals surface area (Å²) in [6.45, 7) is 2.70.